The maximum Gasteiger partial charge on any atom is 0.228 e. The zero-order chi connectivity index (χ0) is 23.5. The van der Waals surface area contributed by atoms with Crippen molar-refractivity contribution in [2.24, 2.45) is 5.92 Å². The van der Waals surface area contributed by atoms with E-state index < -0.39 is 0 Å². The van der Waals surface area contributed by atoms with Gasteiger partial charge in [-0.2, -0.15) is 0 Å². The summed E-state index contributed by atoms with van der Waals surface area (Å²) in [6.45, 7) is 2.22. The Kier molecular flexibility index (Phi) is 6.34. The third-order valence-corrected chi connectivity index (χ3v) is 6.92. The molecule has 2 aliphatic heterocycles. The molecule has 0 bridgehead atoms. The van der Waals surface area contributed by atoms with Crippen molar-refractivity contribution < 1.29 is 14.3 Å². The lowest BCUT2D eigenvalue weighted by atomic mass is 9.86. The van der Waals surface area contributed by atoms with Gasteiger partial charge in [-0.25, -0.2) is 4.98 Å². The number of aromatic nitrogens is 2. The van der Waals surface area contributed by atoms with Crippen molar-refractivity contribution in [2.45, 2.75) is 25.3 Å². The maximum absolute atomic E-state index is 14.0. The molecule has 1 amide bonds. The van der Waals surface area contributed by atoms with E-state index in [2.05, 4.69) is 38.0 Å². The van der Waals surface area contributed by atoms with Crippen LogP contribution in [0.4, 0.5) is 5.82 Å². The van der Waals surface area contributed by atoms with Gasteiger partial charge in [-0.15, -0.1) is 0 Å². The van der Waals surface area contributed by atoms with Gasteiger partial charge in [0.25, 0.3) is 0 Å². The van der Waals surface area contributed by atoms with Gasteiger partial charge in [0.2, 0.25) is 5.91 Å². The third kappa shape index (κ3) is 4.18. The Labute approximate surface area is 200 Å². The molecule has 2 aromatic carbocycles. The van der Waals surface area contributed by atoms with Crippen molar-refractivity contribution in [3.05, 3.63) is 77.7 Å². The summed E-state index contributed by atoms with van der Waals surface area (Å²) < 4.78 is 11.2. The number of hydrogen-bond acceptors (Lipinski definition) is 6. The topological polar surface area (TPSA) is 67.8 Å². The first-order chi connectivity index (χ1) is 16.7. The Balaban J connectivity index is 1.49. The molecule has 176 valence electrons. The summed E-state index contributed by atoms with van der Waals surface area (Å²) >= 11 is 0. The number of carbonyl (C=O) groups excluding carboxylic acids is 1. The second kappa shape index (κ2) is 9.71. The maximum atomic E-state index is 14.0. The zero-order valence-electron chi connectivity index (χ0n) is 19.7. The minimum absolute atomic E-state index is 0.0799. The fraction of sp³-hybridized carbons (Fsp3) is 0.370. The molecule has 0 aliphatic carbocycles. The lowest BCUT2D eigenvalue weighted by molar-refractivity contribution is -0.138. The highest BCUT2D eigenvalue weighted by atomic mass is 16.5. The Morgan fingerprint density at radius 1 is 1.03 bits per heavy atom. The predicted molar refractivity (Wildman–Crippen MR) is 130 cm³/mol. The molecule has 1 fully saturated rings. The highest BCUT2D eigenvalue weighted by molar-refractivity contribution is 5.81. The predicted octanol–water partition coefficient (Wildman–Crippen LogP) is 3.88. The molecule has 1 saturated heterocycles. The van der Waals surface area contributed by atoms with Gasteiger partial charge in [-0.1, -0.05) is 30.3 Å². The summed E-state index contributed by atoms with van der Waals surface area (Å²) in [5.41, 5.74) is 3.40. The minimum atomic E-state index is -0.163. The number of anilines is 1. The molecule has 0 spiro atoms. The number of nitrogens with zero attached hydrogens (tertiary/aromatic N) is 4. The van der Waals surface area contributed by atoms with Crippen LogP contribution >= 0.6 is 0 Å². The SMILES string of the molecule is COc1cc2c(cc1OC)C(c1ccccc1)N(C(=O)C1CCCN(c3cnccn3)C1)CC2. The number of piperidine rings is 1. The van der Waals surface area contributed by atoms with Gasteiger partial charge in [0.15, 0.2) is 11.5 Å². The quantitative estimate of drug-likeness (QED) is 0.578. The molecule has 2 atom stereocenters. The summed E-state index contributed by atoms with van der Waals surface area (Å²) in [4.78, 5) is 26.9. The number of fused-ring (bicyclic) bond motifs is 1. The van der Waals surface area contributed by atoms with Crippen molar-refractivity contribution >= 4 is 11.7 Å². The molecule has 7 heteroatoms. The van der Waals surface area contributed by atoms with E-state index in [0.717, 1.165) is 48.5 Å². The second-order valence-corrected chi connectivity index (χ2v) is 8.85. The van der Waals surface area contributed by atoms with Crippen molar-refractivity contribution in [1.82, 2.24) is 14.9 Å². The van der Waals surface area contributed by atoms with Gasteiger partial charge in [-0.3, -0.25) is 9.78 Å². The van der Waals surface area contributed by atoms with Crippen LogP contribution in [0, 0.1) is 5.92 Å². The number of ether oxygens (including phenoxy) is 2. The summed E-state index contributed by atoms with van der Waals surface area (Å²) in [6.07, 6.45) is 7.77. The first-order valence-corrected chi connectivity index (χ1v) is 11.8. The molecule has 5 rings (SSSR count). The van der Waals surface area contributed by atoms with Crippen LogP contribution in [0.2, 0.25) is 0 Å². The summed E-state index contributed by atoms with van der Waals surface area (Å²) in [6, 6.07) is 14.2. The fourth-order valence-electron chi connectivity index (χ4n) is 5.25. The Morgan fingerprint density at radius 3 is 2.56 bits per heavy atom. The molecule has 7 nitrogen and oxygen atoms in total. The summed E-state index contributed by atoms with van der Waals surface area (Å²) in [5, 5.41) is 0. The largest absolute Gasteiger partial charge is 0.493 e. The smallest absolute Gasteiger partial charge is 0.228 e. The number of amides is 1. The molecule has 34 heavy (non-hydrogen) atoms. The Morgan fingerprint density at radius 2 is 1.82 bits per heavy atom. The normalized spacial score (nSPS) is 19.9. The Hall–Kier alpha value is -3.61. The highest BCUT2D eigenvalue weighted by Gasteiger charge is 2.37. The highest BCUT2D eigenvalue weighted by Crippen LogP contribution is 2.42. The van der Waals surface area contributed by atoms with Crippen LogP contribution in [0.1, 0.15) is 35.6 Å². The molecular formula is C27H30N4O3. The van der Waals surface area contributed by atoms with Crippen LogP contribution in [-0.2, 0) is 11.2 Å². The molecule has 3 aromatic rings. The monoisotopic (exact) mass is 458 g/mol. The molecular weight excluding hydrogens is 428 g/mol. The molecule has 3 heterocycles. The van der Waals surface area contributed by atoms with Crippen LogP contribution in [0.5, 0.6) is 11.5 Å². The number of carbonyl (C=O) groups is 1. The minimum Gasteiger partial charge on any atom is -0.493 e. The van der Waals surface area contributed by atoms with E-state index in [1.165, 1.54) is 5.56 Å². The number of hydrogen-bond donors (Lipinski definition) is 0. The van der Waals surface area contributed by atoms with Crippen LogP contribution in [0.25, 0.3) is 0 Å². The van der Waals surface area contributed by atoms with Gasteiger partial charge in [-0.05, 0) is 48.1 Å². The number of methoxy groups -OCH3 is 2. The molecule has 0 radical (unpaired) electrons. The molecule has 0 N–H and O–H groups in total. The summed E-state index contributed by atoms with van der Waals surface area (Å²) in [7, 11) is 3.31. The first-order valence-electron chi connectivity index (χ1n) is 11.8. The van der Waals surface area contributed by atoms with E-state index in [9.17, 15) is 4.79 Å². The van der Waals surface area contributed by atoms with Crippen LogP contribution in [-0.4, -0.2) is 54.6 Å². The fourth-order valence-corrected chi connectivity index (χ4v) is 5.25. The lowest BCUT2D eigenvalue weighted by Crippen LogP contribution is -2.48. The van der Waals surface area contributed by atoms with Gasteiger partial charge in [0.05, 0.1) is 32.4 Å². The van der Waals surface area contributed by atoms with E-state index in [1.54, 1.807) is 32.8 Å². The second-order valence-electron chi connectivity index (χ2n) is 8.85. The Bertz CT molecular complexity index is 1140. The average molecular weight is 459 g/mol. The van der Waals surface area contributed by atoms with Crippen LogP contribution in [0.15, 0.2) is 61.1 Å². The van der Waals surface area contributed by atoms with E-state index in [-0.39, 0.29) is 17.9 Å². The van der Waals surface area contributed by atoms with Crippen molar-refractivity contribution in [2.75, 3.05) is 38.8 Å². The standard InChI is InChI=1S/C27H30N4O3/c1-33-23-15-20-10-14-31(26(19-7-4-3-5-8-19)22(20)16-24(23)34-2)27(32)21-9-6-13-30(18-21)25-17-28-11-12-29-25/h3-5,7-8,11-12,15-17,21,26H,6,9-10,13-14,18H2,1-2H3. The van der Waals surface area contributed by atoms with E-state index in [0.29, 0.717) is 18.8 Å². The molecule has 2 aliphatic rings. The molecule has 1 aromatic heterocycles. The van der Waals surface area contributed by atoms with E-state index >= 15 is 0 Å². The van der Waals surface area contributed by atoms with Crippen molar-refractivity contribution in [1.29, 1.82) is 0 Å². The van der Waals surface area contributed by atoms with E-state index in [1.807, 2.05) is 24.3 Å². The van der Waals surface area contributed by atoms with Gasteiger partial charge in [0, 0.05) is 32.0 Å². The van der Waals surface area contributed by atoms with Crippen LogP contribution < -0.4 is 14.4 Å². The number of benzene rings is 2. The molecule has 2 unspecified atom stereocenters. The third-order valence-electron chi connectivity index (χ3n) is 6.92. The zero-order valence-corrected chi connectivity index (χ0v) is 19.7. The van der Waals surface area contributed by atoms with E-state index in [4.69, 9.17) is 9.47 Å². The molecule has 0 saturated carbocycles. The van der Waals surface area contributed by atoms with Crippen molar-refractivity contribution in [3.63, 3.8) is 0 Å². The number of rotatable bonds is 5. The van der Waals surface area contributed by atoms with Gasteiger partial charge in [0.1, 0.15) is 5.82 Å². The average Bonchev–Trinajstić information content (AvgIpc) is 2.92. The lowest BCUT2D eigenvalue weighted by Gasteiger charge is -2.42. The van der Waals surface area contributed by atoms with Gasteiger partial charge >= 0.3 is 0 Å². The first kappa shape index (κ1) is 22.2. The van der Waals surface area contributed by atoms with Crippen molar-refractivity contribution in [3.8, 4) is 11.5 Å². The van der Waals surface area contributed by atoms with Gasteiger partial charge < -0.3 is 19.3 Å². The van der Waals surface area contributed by atoms with Crippen LogP contribution in [0.3, 0.4) is 0 Å². The summed E-state index contributed by atoms with van der Waals surface area (Å²) in [5.74, 6) is 2.36.